The van der Waals surface area contributed by atoms with E-state index in [2.05, 4.69) is 63.1 Å². The van der Waals surface area contributed by atoms with Gasteiger partial charge >= 0.3 is 0 Å². The molecule has 32 heavy (non-hydrogen) atoms. The minimum Gasteiger partial charge on any atom is -0.357 e. The van der Waals surface area contributed by atoms with Crippen LogP contribution in [0.5, 0.6) is 0 Å². The number of nitrogens with one attached hydrogen (secondary N) is 3. The molecule has 0 saturated carbocycles. The lowest BCUT2D eigenvalue weighted by Gasteiger charge is -2.33. The molecule has 1 amide bonds. The lowest BCUT2D eigenvalue weighted by atomic mass is 10.0. The van der Waals surface area contributed by atoms with Gasteiger partial charge in [-0.3, -0.25) is 14.7 Å². The van der Waals surface area contributed by atoms with Crippen LogP contribution >= 0.6 is 24.0 Å². The van der Waals surface area contributed by atoms with Gasteiger partial charge in [-0.05, 0) is 44.4 Å². The molecular formula is C25H36IN5O. The van der Waals surface area contributed by atoms with Gasteiger partial charge in [0.25, 0.3) is 5.91 Å². The van der Waals surface area contributed by atoms with E-state index in [0.717, 1.165) is 50.5 Å². The predicted molar refractivity (Wildman–Crippen MR) is 143 cm³/mol. The number of hydrogen-bond acceptors (Lipinski definition) is 3. The molecule has 2 aromatic carbocycles. The third kappa shape index (κ3) is 8.78. The molecule has 6 nitrogen and oxygen atoms in total. The maximum absolute atomic E-state index is 12.3. The molecule has 0 unspecified atom stereocenters. The van der Waals surface area contributed by atoms with E-state index in [1.54, 1.807) is 0 Å². The van der Waals surface area contributed by atoms with Crippen molar-refractivity contribution < 1.29 is 4.79 Å². The van der Waals surface area contributed by atoms with Crippen LogP contribution in [0.3, 0.4) is 0 Å². The van der Waals surface area contributed by atoms with Gasteiger partial charge in [0.1, 0.15) is 0 Å². The van der Waals surface area contributed by atoms with Crippen molar-refractivity contribution in [2.45, 2.75) is 39.3 Å². The summed E-state index contributed by atoms with van der Waals surface area (Å²) < 4.78 is 0. The molecule has 2 aromatic rings. The van der Waals surface area contributed by atoms with Gasteiger partial charge in [-0.15, -0.1) is 24.0 Å². The molecule has 174 valence electrons. The van der Waals surface area contributed by atoms with Crippen LogP contribution in [0.1, 0.15) is 41.3 Å². The zero-order valence-electron chi connectivity index (χ0n) is 19.1. The van der Waals surface area contributed by atoms with Crippen LogP contribution in [0.2, 0.25) is 0 Å². The number of rotatable bonds is 8. The van der Waals surface area contributed by atoms with Gasteiger partial charge < -0.3 is 16.0 Å². The summed E-state index contributed by atoms with van der Waals surface area (Å²) >= 11 is 0. The summed E-state index contributed by atoms with van der Waals surface area (Å²) in [6.07, 6.45) is 2.20. The third-order valence-electron chi connectivity index (χ3n) is 5.47. The van der Waals surface area contributed by atoms with E-state index in [9.17, 15) is 4.79 Å². The maximum atomic E-state index is 12.3. The van der Waals surface area contributed by atoms with Crippen LogP contribution in [0.25, 0.3) is 0 Å². The van der Waals surface area contributed by atoms with Crippen molar-refractivity contribution in [1.82, 2.24) is 20.9 Å². The number of piperidine rings is 1. The number of carbonyl (C=O) groups excluding carboxylic acids is 1. The first-order chi connectivity index (χ1) is 15.1. The van der Waals surface area contributed by atoms with E-state index in [1.165, 1.54) is 5.56 Å². The highest BCUT2D eigenvalue weighted by Gasteiger charge is 2.20. The Morgan fingerprint density at radius 3 is 2.50 bits per heavy atom. The molecule has 0 radical (unpaired) electrons. The number of amides is 1. The number of aliphatic imine (C=N–C) groups is 1. The van der Waals surface area contributed by atoms with E-state index in [-0.39, 0.29) is 29.9 Å². The number of guanidine groups is 1. The smallest absolute Gasteiger partial charge is 0.251 e. The summed E-state index contributed by atoms with van der Waals surface area (Å²) in [7, 11) is 0. The van der Waals surface area contributed by atoms with Gasteiger partial charge in [-0.2, -0.15) is 0 Å². The summed E-state index contributed by atoms with van der Waals surface area (Å²) in [5.41, 5.74) is 3.15. The molecule has 0 spiro atoms. The van der Waals surface area contributed by atoms with Crippen molar-refractivity contribution in [1.29, 1.82) is 0 Å². The van der Waals surface area contributed by atoms with Gasteiger partial charge in [-0.25, -0.2) is 0 Å². The third-order valence-corrected chi connectivity index (χ3v) is 5.47. The molecule has 3 N–H and O–H groups in total. The first kappa shape index (κ1) is 26.1. The number of carbonyl (C=O) groups is 1. The number of benzene rings is 2. The Bertz CT molecular complexity index is 850. The van der Waals surface area contributed by atoms with Crippen LogP contribution in [0.4, 0.5) is 0 Å². The van der Waals surface area contributed by atoms with Crippen LogP contribution < -0.4 is 16.0 Å². The van der Waals surface area contributed by atoms with Gasteiger partial charge in [0, 0.05) is 44.3 Å². The summed E-state index contributed by atoms with van der Waals surface area (Å²) in [6.45, 7) is 9.10. The normalized spacial score (nSPS) is 15.0. The van der Waals surface area contributed by atoms with Gasteiger partial charge in [0.15, 0.2) is 5.96 Å². The molecule has 0 aliphatic carbocycles. The second-order valence-corrected chi connectivity index (χ2v) is 8.07. The average molecular weight is 550 g/mol. The Kier molecular flexibility index (Phi) is 11.5. The largest absolute Gasteiger partial charge is 0.357 e. The standard InChI is InChI=1S/C25H35N5O.HI/c1-3-26-25(28-15-14-27-24(31)22-11-7-8-20(2)18-22)29-23-12-16-30(17-13-23)19-21-9-5-4-6-10-21;/h4-11,18,23H,3,12-17,19H2,1-2H3,(H,27,31)(H2,26,28,29);1H. The Labute approximate surface area is 209 Å². The van der Waals surface area contributed by atoms with Crippen molar-refractivity contribution in [3.63, 3.8) is 0 Å². The second kappa shape index (κ2) is 14.1. The molecule has 0 aromatic heterocycles. The van der Waals surface area contributed by atoms with Crippen molar-refractivity contribution in [3.05, 3.63) is 71.3 Å². The summed E-state index contributed by atoms with van der Waals surface area (Å²) in [6, 6.07) is 18.7. The van der Waals surface area contributed by atoms with Crippen LogP contribution in [-0.4, -0.2) is 55.5 Å². The van der Waals surface area contributed by atoms with Crippen molar-refractivity contribution >= 4 is 35.8 Å². The first-order valence-electron chi connectivity index (χ1n) is 11.3. The number of aryl methyl sites for hydroxylation is 1. The molecular weight excluding hydrogens is 513 g/mol. The fourth-order valence-corrected chi connectivity index (χ4v) is 3.82. The SMILES string of the molecule is CCNC(=NCCNC(=O)c1cccc(C)c1)NC1CCN(Cc2ccccc2)CC1.I. The van der Waals surface area contributed by atoms with E-state index in [1.807, 2.05) is 31.2 Å². The first-order valence-corrected chi connectivity index (χ1v) is 11.3. The number of likely N-dealkylation sites (tertiary alicyclic amines) is 1. The zero-order valence-corrected chi connectivity index (χ0v) is 21.5. The molecule has 7 heteroatoms. The van der Waals surface area contributed by atoms with Crippen molar-refractivity contribution in [2.24, 2.45) is 4.99 Å². The summed E-state index contributed by atoms with van der Waals surface area (Å²) in [4.78, 5) is 19.4. The number of halogens is 1. The monoisotopic (exact) mass is 549 g/mol. The van der Waals surface area contributed by atoms with Crippen molar-refractivity contribution in [3.8, 4) is 0 Å². The van der Waals surface area contributed by atoms with E-state index in [0.29, 0.717) is 24.7 Å². The van der Waals surface area contributed by atoms with Crippen molar-refractivity contribution in [2.75, 3.05) is 32.7 Å². The topological polar surface area (TPSA) is 68.8 Å². The fourth-order valence-electron chi connectivity index (χ4n) is 3.82. The lowest BCUT2D eigenvalue weighted by molar-refractivity contribution is 0.0954. The minimum atomic E-state index is -0.0531. The second-order valence-electron chi connectivity index (χ2n) is 8.07. The highest BCUT2D eigenvalue weighted by molar-refractivity contribution is 14.0. The quantitative estimate of drug-likeness (QED) is 0.204. The number of nitrogens with zero attached hydrogens (tertiary/aromatic N) is 2. The van der Waals surface area contributed by atoms with Gasteiger partial charge in [-0.1, -0.05) is 48.0 Å². The summed E-state index contributed by atoms with van der Waals surface area (Å²) in [5, 5.41) is 9.84. The lowest BCUT2D eigenvalue weighted by Crippen LogP contribution is -2.48. The molecule has 1 heterocycles. The molecule has 1 fully saturated rings. The Hall–Kier alpha value is -2.13. The molecule has 1 saturated heterocycles. The Balaban J connectivity index is 0.00000363. The maximum Gasteiger partial charge on any atom is 0.251 e. The van der Waals surface area contributed by atoms with Crippen LogP contribution in [0, 0.1) is 6.92 Å². The average Bonchev–Trinajstić information content (AvgIpc) is 2.78. The Morgan fingerprint density at radius 2 is 1.81 bits per heavy atom. The van der Waals surface area contributed by atoms with E-state index >= 15 is 0 Å². The van der Waals surface area contributed by atoms with Gasteiger partial charge in [0.2, 0.25) is 0 Å². The van der Waals surface area contributed by atoms with E-state index in [4.69, 9.17) is 0 Å². The number of hydrogen-bond donors (Lipinski definition) is 3. The molecule has 0 bridgehead atoms. The highest BCUT2D eigenvalue weighted by atomic mass is 127. The zero-order chi connectivity index (χ0) is 21.9. The molecule has 3 rings (SSSR count). The Morgan fingerprint density at radius 1 is 1.06 bits per heavy atom. The van der Waals surface area contributed by atoms with Gasteiger partial charge in [0.05, 0.1) is 6.54 Å². The molecule has 1 aliphatic rings. The minimum absolute atomic E-state index is 0. The van der Waals surface area contributed by atoms with Crippen LogP contribution in [-0.2, 0) is 6.54 Å². The fraction of sp³-hybridized carbons (Fsp3) is 0.440. The van der Waals surface area contributed by atoms with E-state index < -0.39 is 0 Å². The molecule has 1 aliphatic heterocycles. The summed E-state index contributed by atoms with van der Waals surface area (Å²) in [5.74, 6) is 0.775. The predicted octanol–water partition coefficient (Wildman–Crippen LogP) is 3.56. The van der Waals surface area contributed by atoms with Crippen LogP contribution in [0.15, 0.2) is 59.6 Å². The molecule has 0 atom stereocenters. The highest BCUT2D eigenvalue weighted by Crippen LogP contribution is 2.13.